The van der Waals surface area contributed by atoms with Crippen molar-refractivity contribution in [3.63, 3.8) is 0 Å². The molecule has 1 rings (SSSR count). The number of hydrogen-bond acceptors (Lipinski definition) is 3. The molecule has 0 saturated carbocycles. The number of nitrogens with two attached hydrogens (primary N) is 1. The van der Waals surface area contributed by atoms with Crippen molar-refractivity contribution in [1.29, 1.82) is 0 Å². The average Bonchev–Trinajstić information content (AvgIpc) is 2.25. The molecule has 0 bridgehead atoms. The fourth-order valence-corrected chi connectivity index (χ4v) is 1.28. The van der Waals surface area contributed by atoms with Gasteiger partial charge in [0, 0.05) is 10.6 Å². The Morgan fingerprint density at radius 3 is 2.56 bits per heavy atom. The van der Waals surface area contributed by atoms with Crippen LogP contribution in [0.3, 0.4) is 0 Å². The van der Waals surface area contributed by atoms with E-state index in [4.69, 9.17) is 17.3 Å². The van der Waals surface area contributed by atoms with Crippen LogP contribution >= 0.6 is 11.6 Å². The minimum atomic E-state index is -1.09. The lowest BCUT2D eigenvalue weighted by Crippen LogP contribution is -2.33. The highest BCUT2D eigenvalue weighted by Gasteiger charge is 2.07. The molecule has 0 atom stereocenters. The molecule has 84 valence electrons. The van der Waals surface area contributed by atoms with Gasteiger partial charge < -0.3 is 5.73 Å². The fraction of sp³-hybridized carbons (Fsp3) is 0.100. The Hall–Kier alpha value is -1.88. The van der Waals surface area contributed by atoms with Gasteiger partial charge in [-0.1, -0.05) is 29.8 Å². The van der Waals surface area contributed by atoms with E-state index in [1.54, 1.807) is 31.2 Å². The molecule has 1 aromatic rings. The highest BCUT2D eigenvalue weighted by molar-refractivity contribution is 6.35. The van der Waals surface area contributed by atoms with E-state index in [2.05, 4.69) is 5.10 Å². The summed E-state index contributed by atoms with van der Waals surface area (Å²) in [6, 6.07) is 7.01. The molecule has 5 nitrogen and oxygen atoms in total. The molecule has 0 heterocycles. The van der Waals surface area contributed by atoms with E-state index in [-0.39, 0.29) is 0 Å². The largest absolute Gasteiger partial charge is 0.361 e. The Balaban J connectivity index is 2.83. The summed E-state index contributed by atoms with van der Waals surface area (Å²) >= 11 is 5.91. The first-order chi connectivity index (χ1) is 7.52. The van der Waals surface area contributed by atoms with Crippen LogP contribution < -0.4 is 11.2 Å². The van der Waals surface area contributed by atoms with Gasteiger partial charge in [-0.2, -0.15) is 5.10 Å². The molecule has 1 aromatic carbocycles. The second kappa shape index (κ2) is 5.27. The first-order valence-corrected chi connectivity index (χ1v) is 4.79. The van der Waals surface area contributed by atoms with Crippen molar-refractivity contribution < 1.29 is 9.59 Å². The van der Waals surface area contributed by atoms with Crippen molar-refractivity contribution in [2.24, 2.45) is 10.8 Å². The normalized spacial score (nSPS) is 11.0. The zero-order valence-electron chi connectivity index (χ0n) is 8.53. The number of halogens is 1. The number of rotatable bonds is 2. The molecular weight excluding hydrogens is 230 g/mol. The van der Waals surface area contributed by atoms with Gasteiger partial charge >= 0.3 is 11.8 Å². The third-order valence-corrected chi connectivity index (χ3v) is 2.14. The summed E-state index contributed by atoms with van der Waals surface area (Å²) in [5.74, 6) is -2.05. The first-order valence-electron chi connectivity index (χ1n) is 4.41. The SMILES string of the molecule is C/C(=N\NC(=O)C(N)=O)c1ccccc1Cl. The summed E-state index contributed by atoms with van der Waals surface area (Å²) in [6.45, 7) is 1.66. The van der Waals surface area contributed by atoms with Gasteiger partial charge in [-0.3, -0.25) is 9.59 Å². The monoisotopic (exact) mass is 239 g/mol. The average molecular weight is 240 g/mol. The zero-order valence-corrected chi connectivity index (χ0v) is 9.28. The van der Waals surface area contributed by atoms with Crippen LogP contribution in [0.25, 0.3) is 0 Å². The van der Waals surface area contributed by atoms with Gasteiger partial charge in [-0.15, -0.1) is 0 Å². The molecule has 0 aliphatic rings. The van der Waals surface area contributed by atoms with E-state index >= 15 is 0 Å². The summed E-state index contributed by atoms with van der Waals surface area (Å²) in [7, 11) is 0. The number of primary amides is 1. The van der Waals surface area contributed by atoms with E-state index < -0.39 is 11.8 Å². The van der Waals surface area contributed by atoms with Crippen LogP contribution in [0.15, 0.2) is 29.4 Å². The lowest BCUT2D eigenvalue weighted by atomic mass is 10.1. The maximum absolute atomic E-state index is 10.8. The molecule has 0 unspecified atom stereocenters. The Morgan fingerprint density at radius 1 is 1.38 bits per heavy atom. The summed E-state index contributed by atoms with van der Waals surface area (Å²) in [4.78, 5) is 21.3. The molecule has 6 heteroatoms. The van der Waals surface area contributed by atoms with Crippen LogP contribution in [0, 0.1) is 0 Å². The molecule has 16 heavy (non-hydrogen) atoms. The Kier molecular flexibility index (Phi) is 4.02. The van der Waals surface area contributed by atoms with Crippen LogP contribution in [0.4, 0.5) is 0 Å². The van der Waals surface area contributed by atoms with Crippen molar-refractivity contribution in [3.05, 3.63) is 34.9 Å². The summed E-state index contributed by atoms with van der Waals surface area (Å²) in [6.07, 6.45) is 0. The molecule has 2 amide bonds. The van der Waals surface area contributed by atoms with E-state index in [1.807, 2.05) is 5.43 Å². The van der Waals surface area contributed by atoms with E-state index in [9.17, 15) is 9.59 Å². The number of benzene rings is 1. The summed E-state index contributed by atoms with van der Waals surface area (Å²) in [5, 5.41) is 4.22. The Morgan fingerprint density at radius 2 is 2.00 bits per heavy atom. The molecule has 0 fully saturated rings. The van der Waals surface area contributed by atoms with Crippen LogP contribution in [-0.4, -0.2) is 17.5 Å². The molecule has 0 aliphatic heterocycles. The third kappa shape index (κ3) is 3.06. The molecule has 0 aromatic heterocycles. The van der Waals surface area contributed by atoms with Gasteiger partial charge in [0.1, 0.15) is 0 Å². The van der Waals surface area contributed by atoms with Crippen molar-refractivity contribution in [3.8, 4) is 0 Å². The van der Waals surface area contributed by atoms with E-state index in [0.717, 1.165) is 0 Å². The van der Waals surface area contributed by atoms with Crippen LogP contribution in [0.5, 0.6) is 0 Å². The fourth-order valence-electron chi connectivity index (χ4n) is 1.00. The van der Waals surface area contributed by atoms with Crippen molar-refractivity contribution in [1.82, 2.24) is 5.43 Å². The predicted octanol–water partition coefficient (Wildman–Crippen LogP) is 0.666. The number of hydrazone groups is 1. The molecule has 0 saturated heterocycles. The number of hydrogen-bond donors (Lipinski definition) is 2. The Bertz CT molecular complexity index is 457. The quantitative estimate of drug-likeness (QED) is 0.452. The second-order valence-corrected chi connectivity index (χ2v) is 3.39. The van der Waals surface area contributed by atoms with Crippen LogP contribution in [0.2, 0.25) is 5.02 Å². The zero-order chi connectivity index (χ0) is 12.1. The standard InChI is InChI=1S/C10H10ClN3O2/c1-6(13-14-10(16)9(12)15)7-4-2-3-5-8(7)11/h2-5H,1H3,(H2,12,15)(H,14,16)/b13-6+. The highest BCUT2D eigenvalue weighted by Crippen LogP contribution is 2.15. The topological polar surface area (TPSA) is 84.6 Å². The van der Waals surface area contributed by atoms with E-state index in [0.29, 0.717) is 16.3 Å². The molecule has 0 aliphatic carbocycles. The third-order valence-electron chi connectivity index (χ3n) is 1.81. The molecule has 3 N–H and O–H groups in total. The van der Waals surface area contributed by atoms with Gasteiger partial charge in [-0.25, -0.2) is 5.43 Å². The molecule has 0 radical (unpaired) electrons. The summed E-state index contributed by atoms with van der Waals surface area (Å²) < 4.78 is 0. The highest BCUT2D eigenvalue weighted by atomic mass is 35.5. The molecular formula is C10H10ClN3O2. The lowest BCUT2D eigenvalue weighted by Gasteiger charge is -2.03. The summed E-state index contributed by atoms with van der Waals surface area (Å²) in [5.41, 5.74) is 7.93. The van der Waals surface area contributed by atoms with Crippen molar-refractivity contribution >= 4 is 29.1 Å². The number of nitrogens with one attached hydrogen (secondary N) is 1. The number of nitrogens with zero attached hydrogens (tertiary/aromatic N) is 1. The smallest absolute Gasteiger partial charge is 0.329 e. The van der Waals surface area contributed by atoms with Gasteiger partial charge in [0.05, 0.1) is 5.71 Å². The van der Waals surface area contributed by atoms with Gasteiger partial charge in [0.2, 0.25) is 0 Å². The van der Waals surface area contributed by atoms with Crippen LogP contribution in [0.1, 0.15) is 12.5 Å². The minimum Gasteiger partial charge on any atom is -0.361 e. The maximum Gasteiger partial charge on any atom is 0.329 e. The predicted molar refractivity (Wildman–Crippen MR) is 61.0 cm³/mol. The first kappa shape index (κ1) is 12.2. The van der Waals surface area contributed by atoms with E-state index in [1.165, 1.54) is 0 Å². The number of carbonyl (C=O) groups is 2. The lowest BCUT2D eigenvalue weighted by molar-refractivity contribution is -0.137. The Labute approximate surface area is 97.3 Å². The van der Waals surface area contributed by atoms with Crippen molar-refractivity contribution in [2.45, 2.75) is 6.92 Å². The van der Waals surface area contributed by atoms with Gasteiger partial charge in [0.15, 0.2) is 0 Å². The minimum absolute atomic E-state index is 0.486. The number of amides is 2. The molecule has 0 spiro atoms. The number of carbonyl (C=O) groups excluding carboxylic acids is 2. The van der Waals surface area contributed by atoms with Gasteiger partial charge in [0.25, 0.3) is 0 Å². The van der Waals surface area contributed by atoms with Crippen LogP contribution in [-0.2, 0) is 9.59 Å². The second-order valence-electron chi connectivity index (χ2n) is 2.98. The van der Waals surface area contributed by atoms with Gasteiger partial charge in [-0.05, 0) is 13.0 Å². The van der Waals surface area contributed by atoms with Crippen molar-refractivity contribution in [2.75, 3.05) is 0 Å². The maximum atomic E-state index is 10.8.